The Hall–Kier alpha value is -3.47. The molecule has 0 fully saturated rings. The van der Waals surface area contributed by atoms with Crippen LogP contribution in [0, 0.1) is 24.1 Å². The second-order valence-corrected chi connectivity index (χ2v) is 5.53. The van der Waals surface area contributed by atoms with Crippen LogP contribution in [0.15, 0.2) is 33.7 Å². The van der Waals surface area contributed by atoms with Crippen LogP contribution in [-0.2, 0) is 11.3 Å². The zero-order chi connectivity index (χ0) is 18.8. The van der Waals surface area contributed by atoms with Gasteiger partial charge in [0.1, 0.15) is 28.9 Å². The number of ether oxygens (including phenoxy) is 1. The van der Waals surface area contributed by atoms with Gasteiger partial charge >= 0.3 is 5.97 Å². The Balaban J connectivity index is 2.13. The summed E-state index contributed by atoms with van der Waals surface area (Å²) < 4.78 is 25.5. The van der Waals surface area contributed by atoms with Crippen molar-refractivity contribution in [2.75, 3.05) is 6.61 Å². The summed E-state index contributed by atoms with van der Waals surface area (Å²) in [6.07, 6.45) is 1.21. The molecule has 0 radical (unpaired) electrons. The van der Waals surface area contributed by atoms with Gasteiger partial charge in [0.05, 0.1) is 24.8 Å². The molecule has 2 aromatic heterocycles. The molecule has 0 amide bonds. The number of hydrogen-bond donors (Lipinski definition) is 0. The molecule has 132 valence electrons. The average Bonchev–Trinajstić information content (AvgIpc) is 2.96. The summed E-state index contributed by atoms with van der Waals surface area (Å²) in [4.78, 5) is 29.0. The number of carbonyl (C=O) groups excluding carboxylic acids is 1. The van der Waals surface area contributed by atoms with E-state index in [0.717, 1.165) is 10.6 Å². The van der Waals surface area contributed by atoms with Crippen LogP contribution in [0.1, 0.15) is 34.2 Å². The molecule has 0 atom stereocenters. The molecule has 1 aromatic carbocycles. The third-order valence-corrected chi connectivity index (χ3v) is 3.85. The molecule has 0 N–H and O–H groups in total. The minimum absolute atomic E-state index is 0.0121. The van der Waals surface area contributed by atoms with Crippen LogP contribution in [-0.4, -0.2) is 22.1 Å². The van der Waals surface area contributed by atoms with Gasteiger partial charge in [-0.2, -0.15) is 5.26 Å². The largest absolute Gasteiger partial charge is 0.462 e. The minimum Gasteiger partial charge on any atom is -0.462 e. The van der Waals surface area contributed by atoms with Gasteiger partial charge in [-0.1, -0.05) is 0 Å². The molecule has 0 saturated carbocycles. The Morgan fingerprint density at radius 2 is 2.23 bits per heavy atom. The van der Waals surface area contributed by atoms with Gasteiger partial charge in [-0.15, -0.1) is 0 Å². The molecule has 0 bridgehead atoms. The second-order valence-electron chi connectivity index (χ2n) is 5.53. The molecule has 3 rings (SSSR count). The number of aryl methyl sites for hydroxylation is 1. The van der Waals surface area contributed by atoms with Crippen LogP contribution in [0.4, 0.5) is 4.39 Å². The third-order valence-electron chi connectivity index (χ3n) is 3.85. The quantitative estimate of drug-likeness (QED) is 0.667. The van der Waals surface area contributed by atoms with E-state index in [1.165, 1.54) is 25.4 Å². The van der Waals surface area contributed by atoms with Gasteiger partial charge in [-0.05, 0) is 32.0 Å². The predicted octanol–water partition coefficient (Wildman–Crippen LogP) is 2.53. The lowest BCUT2D eigenvalue weighted by Crippen LogP contribution is -2.23. The molecular formula is C18H14FN3O4. The van der Waals surface area contributed by atoms with Gasteiger partial charge in [-0.3, -0.25) is 9.36 Å². The monoisotopic (exact) mass is 355 g/mol. The van der Waals surface area contributed by atoms with Gasteiger partial charge in [0, 0.05) is 5.56 Å². The third kappa shape index (κ3) is 2.95. The topological polar surface area (TPSA) is 98.1 Å². The van der Waals surface area contributed by atoms with Gasteiger partial charge in [0.25, 0.3) is 5.56 Å². The fraction of sp³-hybridized carbons (Fsp3) is 0.222. The van der Waals surface area contributed by atoms with Gasteiger partial charge in [0.15, 0.2) is 0 Å². The van der Waals surface area contributed by atoms with Crippen molar-refractivity contribution in [1.82, 2.24) is 9.55 Å². The maximum absolute atomic E-state index is 14.0. The van der Waals surface area contributed by atoms with E-state index in [1.54, 1.807) is 6.92 Å². The first-order valence-corrected chi connectivity index (χ1v) is 7.80. The van der Waals surface area contributed by atoms with E-state index in [9.17, 15) is 14.0 Å². The zero-order valence-electron chi connectivity index (χ0n) is 14.1. The van der Waals surface area contributed by atoms with Gasteiger partial charge < -0.3 is 9.15 Å². The molecule has 7 nitrogen and oxygen atoms in total. The molecule has 0 aliphatic carbocycles. The number of nitriles is 1. The highest BCUT2D eigenvalue weighted by atomic mass is 19.1. The van der Waals surface area contributed by atoms with E-state index in [0.29, 0.717) is 0 Å². The number of esters is 1. The molecule has 26 heavy (non-hydrogen) atoms. The van der Waals surface area contributed by atoms with Crippen LogP contribution in [0.25, 0.3) is 11.1 Å². The summed E-state index contributed by atoms with van der Waals surface area (Å²) in [6.45, 7) is 3.19. The number of benzene rings is 1. The van der Waals surface area contributed by atoms with Gasteiger partial charge in [-0.25, -0.2) is 14.2 Å². The van der Waals surface area contributed by atoms with E-state index in [-0.39, 0.29) is 46.7 Å². The maximum Gasteiger partial charge on any atom is 0.342 e. The summed E-state index contributed by atoms with van der Waals surface area (Å²) in [5.74, 6) is -1.01. The molecule has 0 aliphatic rings. The summed E-state index contributed by atoms with van der Waals surface area (Å²) >= 11 is 0. The number of carbonyl (C=O) groups is 1. The minimum atomic E-state index is -0.682. The summed E-state index contributed by atoms with van der Waals surface area (Å²) in [5, 5.41) is 8.93. The van der Waals surface area contributed by atoms with Crippen molar-refractivity contribution in [2.45, 2.75) is 20.4 Å². The molecule has 0 unspecified atom stereocenters. The number of rotatable bonds is 4. The van der Waals surface area contributed by atoms with Crippen molar-refractivity contribution in [3.8, 4) is 6.07 Å². The molecule has 0 aliphatic heterocycles. The molecule has 8 heteroatoms. The lowest BCUT2D eigenvalue weighted by atomic mass is 10.1. The van der Waals surface area contributed by atoms with Crippen LogP contribution in [0.5, 0.6) is 0 Å². The molecule has 3 aromatic rings. The van der Waals surface area contributed by atoms with Crippen LogP contribution < -0.4 is 5.56 Å². The first-order valence-electron chi connectivity index (χ1n) is 7.80. The van der Waals surface area contributed by atoms with Crippen molar-refractivity contribution in [3.05, 3.63) is 63.1 Å². The van der Waals surface area contributed by atoms with Crippen LogP contribution in [0.2, 0.25) is 0 Å². The number of nitrogens with zero attached hydrogens (tertiary/aromatic N) is 3. The van der Waals surface area contributed by atoms with Gasteiger partial charge in [0.2, 0.25) is 5.71 Å². The van der Waals surface area contributed by atoms with E-state index in [1.807, 2.05) is 6.07 Å². The summed E-state index contributed by atoms with van der Waals surface area (Å²) in [6, 6.07) is 5.79. The lowest BCUT2D eigenvalue weighted by Gasteiger charge is -2.07. The second kappa shape index (κ2) is 6.80. The molecule has 0 saturated heterocycles. The summed E-state index contributed by atoms with van der Waals surface area (Å²) in [5.41, 5.74) is -0.102. The number of fused-ring (bicyclic) bond motifs is 1. The number of halogens is 1. The van der Waals surface area contributed by atoms with E-state index < -0.39 is 17.3 Å². The fourth-order valence-corrected chi connectivity index (χ4v) is 2.65. The van der Waals surface area contributed by atoms with Crippen molar-refractivity contribution >= 4 is 17.1 Å². The van der Waals surface area contributed by atoms with Crippen LogP contribution >= 0.6 is 0 Å². The highest BCUT2D eigenvalue weighted by Gasteiger charge is 2.24. The normalized spacial score (nSPS) is 10.7. The Morgan fingerprint density at radius 1 is 1.46 bits per heavy atom. The highest BCUT2D eigenvalue weighted by Crippen LogP contribution is 2.22. The standard InChI is InChI=1S/C18H14FN3O4/c1-3-25-18(24)14-10(2)26-16-15(14)17(23)22(9-21-16)8-12-6-11(7-20)4-5-13(12)19/h4-6,9H,3,8H2,1-2H3. The van der Waals surface area contributed by atoms with Crippen molar-refractivity contribution in [2.24, 2.45) is 0 Å². The summed E-state index contributed by atoms with van der Waals surface area (Å²) in [7, 11) is 0. The van der Waals surface area contributed by atoms with E-state index in [4.69, 9.17) is 14.4 Å². The Labute approximate surface area is 147 Å². The fourth-order valence-electron chi connectivity index (χ4n) is 2.65. The molecule has 2 heterocycles. The maximum atomic E-state index is 14.0. The first-order chi connectivity index (χ1) is 12.5. The highest BCUT2D eigenvalue weighted by molar-refractivity contribution is 6.03. The number of furan rings is 1. The average molecular weight is 355 g/mol. The Morgan fingerprint density at radius 3 is 2.92 bits per heavy atom. The van der Waals surface area contributed by atoms with Crippen LogP contribution in [0.3, 0.4) is 0 Å². The lowest BCUT2D eigenvalue weighted by molar-refractivity contribution is 0.0526. The van der Waals surface area contributed by atoms with Crippen molar-refractivity contribution in [1.29, 1.82) is 5.26 Å². The predicted molar refractivity (Wildman–Crippen MR) is 89.2 cm³/mol. The smallest absolute Gasteiger partial charge is 0.342 e. The van der Waals surface area contributed by atoms with E-state index >= 15 is 0 Å². The molecular weight excluding hydrogens is 341 g/mol. The Bertz CT molecular complexity index is 1110. The van der Waals surface area contributed by atoms with E-state index in [2.05, 4.69) is 4.98 Å². The zero-order valence-corrected chi connectivity index (χ0v) is 14.1. The SMILES string of the molecule is CCOC(=O)c1c(C)oc2ncn(Cc3cc(C#N)ccc3F)c(=O)c12. The first kappa shape index (κ1) is 17.4. The molecule has 0 spiro atoms. The van der Waals surface area contributed by atoms with Crippen molar-refractivity contribution < 1.29 is 18.3 Å². The Kier molecular flexibility index (Phi) is 4.54. The number of hydrogen-bond acceptors (Lipinski definition) is 6. The number of aromatic nitrogens is 2. The van der Waals surface area contributed by atoms with Crippen molar-refractivity contribution in [3.63, 3.8) is 0 Å².